The van der Waals surface area contributed by atoms with Gasteiger partial charge >= 0.3 is 0 Å². The van der Waals surface area contributed by atoms with Crippen LogP contribution in [-0.2, 0) is 16.0 Å². The lowest BCUT2D eigenvalue weighted by molar-refractivity contribution is -0.140. The maximum atomic E-state index is 13.0. The highest BCUT2D eigenvalue weighted by Crippen LogP contribution is 2.22. The number of likely N-dealkylation sites (tertiary alicyclic amines) is 1. The van der Waals surface area contributed by atoms with Gasteiger partial charge in [0.1, 0.15) is 6.04 Å². The number of carbonyl (C=O) groups excluding carboxylic acids is 2. The number of thiophene rings is 1. The second kappa shape index (κ2) is 9.47. The normalized spacial score (nSPS) is 16.3. The molecule has 0 saturated carbocycles. The Kier molecular flexibility index (Phi) is 6.51. The topological polar surface area (TPSA) is 67.2 Å². The number of amides is 2. The van der Waals surface area contributed by atoms with Crippen LogP contribution in [0.4, 0.5) is 5.69 Å². The summed E-state index contributed by atoms with van der Waals surface area (Å²) in [6.07, 6.45) is 3.80. The van der Waals surface area contributed by atoms with Gasteiger partial charge in [-0.3, -0.25) is 9.59 Å². The molecule has 3 heterocycles. The van der Waals surface area contributed by atoms with Gasteiger partial charge < -0.3 is 10.2 Å². The predicted molar refractivity (Wildman–Crippen MR) is 124 cm³/mol. The SMILES string of the molecule is Cc1cc(C)n(-c2ccc(NC(=O)[C@@H]3CCCCN3C(=O)CCc3cccs3)cc2)n1. The number of nitrogens with one attached hydrogen (secondary N) is 1. The molecule has 1 aliphatic heterocycles. The zero-order chi connectivity index (χ0) is 21.8. The number of piperidine rings is 1. The van der Waals surface area contributed by atoms with E-state index in [0.717, 1.165) is 42.0 Å². The van der Waals surface area contributed by atoms with Gasteiger partial charge in [0.15, 0.2) is 0 Å². The van der Waals surface area contributed by atoms with Crippen molar-refractivity contribution in [1.82, 2.24) is 14.7 Å². The first-order valence-electron chi connectivity index (χ1n) is 10.8. The van der Waals surface area contributed by atoms with Crippen molar-refractivity contribution in [1.29, 1.82) is 0 Å². The van der Waals surface area contributed by atoms with Crippen LogP contribution in [0.15, 0.2) is 47.8 Å². The number of aromatic nitrogens is 2. The van der Waals surface area contributed by atoms with E-state index < -0.39 is 6.04 Å². The summed E-state index contributed by atoms with van der Waals surface area (Å²) in [5.41, 5.74) is 3.71. The average molecular weight is 437 g/mol. The molecule has 1 aromatic carbocycles. The maximum absolute atomic E-state index is 13.0. The largest absolute Gasteiger partial charge is 0.331 e. The fraction of sp³-hybridized carbons (Fsp3) is 0.375. The molecule has 2 amide bonds. The van der Waals surface area contributed by atoms with Crippen molar-refractivity contribution in [3.63, 3.8) is 0 Å². The van der Waals surface area contributed by atoms with Crippen LogP contribution in [0.3, 0.4) is 0 Å². The Balaban J connectivity index is 1.40. The molecule has 3 aromatic rings. The molecular formula is C24H28N4O2S. The van der Waals surface area contributed by atoms with Gasteiger partial charge in [0.2, 0.25) is 11.8 Å². The second-order valence-electron chi connectivity index (χ2n) is 8.05. The van der Waals surface area contributed by atoms with Crippen LogP contribution >= 0.6 is 11.3 Å². The molecule has 0 bridgehead atoms. The minimum Gasteiger partial charge on any atom is -0.331 e. The van der Waals surface area contributed by atoms with Crippen molar-refractivity contribution in [3.05, 3.63) is 64.1 Å². The van der Waals surface area contributed by atoms with Gasteiger partial charge in [-0.2, -0.15) is 5.10 Å². The molecule has 0 unspecified atom stereocenters. The van der Waals surface area contributed by atoms with E-state index in [2.05, 4.69) is 10.4 Å². The summed E-state index contributed by atoms with van der Waals surface area (Å²) in [4.78, 5) is 28.8. The van der Waals surface area contributed by atoms with Crippen molar-refractivity contribution < 1.29 is 9.59 Å². The van der Waals surface area contributed by atoms with Crippen molar-refractivity contribution in [3.8, 4) is 5.69 Å². The van der Waals surface area contributed by atoms with Crippen LogP contribution in [0.2, 0.25) is 0 Å². The van der Waals surface area contributed by atoms with Gasteiger partial charge in [0.25, 0.3) is 0 Å². The number of anilines is 1. The Morgan fingerprint density at radius 3 is 2.65 bits per heavy atom. The van der Waals surface area contributed by atoms with Crippen LogP contribution in [0.5, 0.6) is 0 Å². The van der Waals surface area contributed by atoms with E-state index in [1.807, 2.05) is 66.4 Å². The third-order valence-electron chi connectivity index (χ3n) is 5.68. The van der Waals surface area contributed by atoms with Crippen LogP contribution in [0, 0.1) is 13.8 Å². The van der Waals surface area contributed by atoms with E-state index >= 15 is 0 Å². The lowest BCUT2D eigenvalue weighted by atomic mass is 10.0. The van der Waals surface area contributed by atoms with Gasteiger partial charge in [-0.15, -0.1) is 11.3 Å². The highest BCUT2D eigenvalue weighted by molar-refractivity contribution is 7.09. The van der Waals surface area contributed by atoms with E-state index in [-0.39, 0.29) is 11.8 Å². The summed E-state index contributed by atoms with van der Waals surface area (Å²) in [6.45, 7) is 4.64. The molecule has 1 saturated heterocycles. The van der Waals surface area contributed by atoms with Gasteiger partial charge in [-0.25, -0.2) is 4.68 Å². The minimum atomic E-state index is -0.403. The zero-order valence-corrected chi connectivity index (χ0v) is 18.8. The Morgan fingerprint density at radius 1 is 1.16 bits per heavy atom. The molecular weight excluding hydrogens is 408 g/mol. The second-order valence-corrected chi connectivity index (χ2v) is 9.09. The highest BCUT2D eigenvalue weighted by atomic mass is 32.1. The van der Waals surface area contributed by atoms with Gasteiger partial charge in [-0.05, 0) is 81.3 Å². The Morgan fingerprint density at radius 2 is 1.97 bits per heavy atom. The molecule has 1 N–H and O–H groups in total. The molecule has 6 nitrogen and oxygen atoms in total. The van der Waals surface area contributed by atoms with Gasteiger partial charge in [-0.1, -0.05) is 6.07 Å². The minimum absolute atomic E-state index is 0.0631. The first kappa shape index (κ1) is 21.3. The number of carbonyl (C=O) groups is 2. The van der Waals surface area contributed by atoms with Crippen molar-refractivity contribution in [2.45, 2.75) is 52.0 Å². The number of aryl methyl sites for hydroxylation is 3. The van der Waals surface area contributed by atoms with Gasteiger partial charge in [0, 0.05) is 29.2 Å². The average Bonchev–Trinajstić information content (AvgIpc) is 3.41. The first-order chi connectivity index (χ1) is 15.0. The Hall–Kier alpha value is -2.93. The quantitative estimate of drug-likeness (QED) is 0.619. The first-order valence-corrected chi connectivity index (χ1v) is 11.7. The maximum Gasteiger partial charge on any atom is 0.247 e. The van der Waals surface area contributed by atoms with Crippen LogP contribution < -0.4 is 5.32 Å². The summed E-state index contributed by atoms with van der Waals surface area (Å²) in [5, 5.41) is 9.52. The molecule has 1 atom stereocenters. The summed E-state index contributed by atoms with van der Waals surface area (Å²) < 4.78 is 1.88. The molecule has 4 rings (SSSR count). The molecule has 0 aliphatic carbocycles. The molecule has 1 aliphatic rings. The van der Waals surface area contributed by atoms with Crippen LogP contribution in [-0.4, -0.2) is 39.1 Å². The van der Waals surface area contributed by atoms with Crippen molar-refractivity contribution in [2.24, 2.45) is 0 Å². The number of hydrogen-bond acceptors (Lipinski definition) is 4. The van der Waals surface area contributed by atoms with Gasteiger partial charge in [0.05, 0.1) is 11.4 Å². The smallest absolute Gasteiger partial charge is 0.247 e. The van der Waals surface area contributed by atoms with Crippen LogP contribution in [0.1, 0.15) is 41.9 Å². The Labute approximate surface area is 186 Å². The number of nitrogens with zero attached hydrogens (tertiary/aromatic N) is 3. The zero-order valence-electron chi connectivity index (χ0n) is 18.0. The third kappa shape index (κ3) is 5.05. The Bertz CT molecular complexity index is 1040. The molecule has 1 fully saturated rings. The number of benzene rings is 1. The van der Waals surface area contributed by atoms with E-state index in [9.17, 15) is 9.59 Å². The molecule has 0 radical (unpaired) electrons. The lowest BCUT2D eigenvalue weighted by Crippen LogP contribution is -2.50. The number of hydrogen-bond donors (Lipinski definition) is 1. The predicted octanol–water partition coefficient (Wildman–Crippen LogP) is 4.50. The lowest BCUT2D eigenvalue weighted by Gasteiger charge is -2.34. The molecule has 0 spiro atoms. The fourth-order valence-corrected chi connectivity index (χ4v) is 4.84. The summed E-state index contributed by atoms with van der Waals surface area (Å²) in [7, 11) is 0. The molecule has 162 valence electrons. The van der Waals surface area contributed by atoms with E-state index in [0.29, 0.717) is 19.4 Å². The van der Waals surface area contributed by atoms with E-state index in [4.69, 9.17) is 0 Å². The molecule has 31 heavy (non-hydrogen) atoms. The highest BCUT2D eigenvalue weighted by Gasteiger charge is 2.31. The summed E-state index contributed by atoms with van der Waals surface area (Å²) >= 11 is 1.67. The number of rotatable bonds is 6. The van der Waals surface area contributed by atoms with E-state index in [1.54, 1.807) is 16.2 Å². The fourth-order valence-electron chi connectivity index (χ4n) is 4.13. The molecule has 2 aromatic heterocycles. The van der Waals surface area contributed by atoms with Crippen molar-refractivity contribution in [2.75, 3.05) is 11.9 Å². The molecule has 7 heteroatoms. The van der Waals surface area contributed by atoms with Crippen molar-refractivity contribution >= 4 is 28.8 Å². The standard InChI is InChI=1S/C24H28N4O2S/c1-17-16-18(2)28(26-17)20-10-8-19(9-11-20)25-24(30)22-7-3-4-14-27(22)23(29)13-12-21-6-5-15-31-21/h5-6,8-11,15-16,22H,3-4,7,12-14H2,1-2H3,(H,25,30)/t22-/m0/s1. The van der Waals surface area contributed by atoms with Crippen LogP contribution in [0.25, 0.3) is 5.69 Å². The third-order valence-corrected chi connectivity index (χ3v) is 6.62. The monoisotopic (exact) mass is 436 g/mol. The summed E-state index contributed by atoms with van der Waals surface area (Å²) in [6, 6.07) is 13.3. The van der Waals surface area contributed by atoms with E-state index in [1.165, 1.54) is 4.88 Å². The summed E-state index contributed by atoms with van der Waals surface area (Å²) in [5.74, 6) is -0.0452.